The van der Waals surface area contributed by atoms with Crippen molar-refractivity contribution in [2.24, 2.45) is 10.5 Å². The summed E-state index contributed by atoms with van der Waals surface area (Å²) in [5.41, 5.74) is -3.57. The lowest BCUT2D eigenvalue weighted by Gasteiger charge is -2.33. The van der Waals surface area contributed by atoms with E-state index >= 15 is 0 Å². The molecule has 1 N–H and O–H groups in total. The van der Waals surface area contributed by atoms with E-state index in [1.807, 2.05) is 0 Å². The van der Waals surface area contributed by atoms with Crippen LogP contribution in [0.5, 0.6) is 0 Å². The third-order valence-corrected chi connectivity index (χ3v) is 6.83. The third kappa shape index (κ3) is 6.20. The van der Waals surface area contributed by atoms with Crippen molar-refractivity contribution in [1.82, 2.24) is 14.5 Å². The van der Waals surface area contributed by atoms with Gasteiger partial charge < -0.3 is 9.57 Å². The number of benzene rings is 1. The van der Waals surface area contributed by atoms with E-state index in [4.69, 9.17) is 9.57 Å². The van der Waals surface area contributed by atoms with Gasteiger partial charge in [0, 0.05) is 19.7 Å². The first-order valence-corrected chi connectivity index (χ1v) is 12.5. The second kappa shape index (κ2) is 9.79. The number of hydroxylamine groups is 3. The fourth-order valence-electron chi connectivity index (χ4n) is 3.16. The summed E-state index contributed by atoms with van der Waals surface area (Å²) in [6, 6.07) is 5.32. The number of hydrazone groups is 1. The van der Waals surface area contributed by atoms with Gasteiger partial charge in [0.15, 0.2) is 5.54 Å². The van der Waals surface area contributed by atoms with Gasteiger partial charge >= 0.3 is 18.0 Å². The van der Waals surface area contributed by atoms with Gasteiger partial charge in [0.2, 0.25) is 10.0 Å². The van der Waals surface area contributed by atoms with E-state index in [9.17, 15) is 28.0 Å². The summed E-state index contributed by atoms with van der Waals surface area (Å²) in [5, 5.41) is 15.4. The minimum atomic E-state index is -3.74. The zero-order valence-electron chi connectivity index (χ0n) is 22.0. The Morgan fingerprint density at radius 1 is 1.08 bits per heavy atom. The standard InChI is InChI=1S/C23H34N4O8S/c1-21(2,3)14-17(28)35-27-19(29)23(7,26(31)20(30)34-22(4,5)6)18(24-27)15-10-12-16(13-11-15)36(32,33)25(8)9/h10-13,31H,14H2,1-9H3. The Kier molecular flexibility index (Phi) is 7.94. The molecule has 1 aliphatic rings. The zero-order chi connectivity index (χ0) is 27.9. The van der Waals surface area contributed by atoms with Crippen LogP contribution in [0.1, 0.15) is 60.5 Å². The Hall–Kier alpha value is -3.03. The van der Waals surface area contributed by atoms with Crippen LogP contribution < -0.4 is 0 Å². The quantitative estimate of drug-likeness (QED) is 0.440. The van der Waals surface area contributed by atoms with Gasteiger partial charge in [0.25, 0.3) is 0 Å². The second-order valence-corrected chi connectivity index (χ2v) is 13.1. The molecule has 0 bridgehead atoms. The van der Waals surface area contributed by atoms with Crippen molar-refractivity contribution in [2.45, 2.75) is 70.9 Å². The van der Waals surface area contributed by atoms with Crippen LogP contribution in [0.3, 0.4) is 0 Å². The molecular formula is C23H34N4O8S. The van der Waals surface area contributed by atoms with Crippen LogP contribution in [-0.2, 0) is 29.2 Å². The molecule has 12 nitrogen and oxygen atoms in total. The number of sulfonamides is 1. The van der Waals surface area contributed by atoms with Crippen LogP contribution in [0.4, 0.5) is 4.79 Å². The van der Waals surface area contributed by atoms with Crippen LogP contribution in [-0.4, -0.2) is 77.1 Å². The molecule has 1 atom stereocenters. The Morgan fingerprint density at radius 3 is 2.06 bits per heavy atom. The summed E-state index contributed by atoms with van der Waals surface area (Å²) in [6.07, 6.45) is -1.27. The highest BCUT2D eigenvalue weighted by molar-refractivity contribution is 7.89. The predicted molar refractivity (Wildman–Crippen MR) is 129 cm³/mol. The van der Waals surface area contributed by atoms with Gasteiger partial charge in [-0.05, 0) is 50.4 Å². The average Bonchev–Trinajstić information content (AvgIpc) is 2.96. The summed E-state index contributed by atoms with van der Waals surface area (Å²) in [5.74, 6) is -1.78. The van der Waals surface area contributed by atoms with Crippen molar-refractivity contribution >= 4 is 33.7 Å². The number of hydrogen-bond donors (Lipinski definition) is 1. The van der Waals surface area contributed by atoms with Crippen molar-refractivity contribution in [1.29, 1.82) is 0 Å². The lowest BCUT2D eigenvalue weighted by atomic mass is 9.90. The minimum Gasteiger partial charge on any atom is -0.442 e. The molecule has 0 saturated carbocycles. The second-order valence-electron chi connectivity index (χ2n) is 10.9. The van der Waals surface area contributed by atoms with Gasteiger partial charge in [-0.3, -0.25) is 10.0 Å². The maximum Gasteiger partial charge on any atom is 0.435 e. The van der Waals surface area contributed by atoms with Crippen LogP contribution in [0.15, 0.2) is 34.3 Å². The summed E-state index contributed by atoms with van der Waals surface area (Å²) in [7, 11) is -0.972. The lowest BCUT2D eigenvalue weighted by molar-refractivity contribution is -0.207. The zero-order valence-corrected chi connectivity index (χ0v) is 22.8. The largest absolute Gasteiger partial charge is 0.442 e. The predicted octanol–water partition coefficient (Wildman–Crippen LogP) is 2.76. The molecular weight excluding hydrogens is 492 g/mol. The van der Waals surface area contributed by atoms with Gasteiger partial charge in [-0.15, -0.1) is 5.10 Å². The van der Waals surface area contributed by atoms with Crippen LogP contribution in [0.2, 0.25) is 0 Å². The Balaban J connectivity index is 2.55. The van der Waals surface area contributed by atoms with E-state index in [1.54, 1.807) is 41.5 Å². The van der Waals surface area contributed by atoms with Gasteiger partial charge in [-0.2, -0.15) is 5.06 Å². The highest BCUT2D eigenvalue weighted by atomic mass is 32.2. The molecule has 0 aromatic heterocycles. The summed E-state index contributed by atoms with van der Waals surface area (Å²) in [4.78, 5) is 43.6. The highest BCUT2D eigenvalue weighted by Crippen LogP contribution is 2.32. The highest BCUT2D eigenvalue weighted by Gasteiger charge is 2.57. The van der Waals surface area contributed by atoms with E-state index in [2.05, 4.69) is 5.10 Å². The maximum absolute atomic E-state index is 13.4. The first-order chi connectivity index (χ1) is 16.2. The molecule has 200 valence electrons. The molecule has 0 fully saturated rings. The Labute approximate surface area is 211 Å². The lowest BCUT2D eigenvalue weighted by Crippen LogP contribution is -2.59. The molecule has 0 spiro atoms. The number of amides is 2. The molecule has 1 heterocycles. The summed E-state index contributed by atoms with van der Waals surface area (Å²) < 4.78 is 31.1. The van der Waals surface area contributed by atoms with Gasteiger partial charge in [0.05, 0.1) is 11.3 Å². The molecule has 1 aliphatic heterocycles. The molecule has 0 aliphatic carbocycles. The van der Waals surface area contributed by atoms with Gasteiger partial charge in [-0.1, -0.05) is 32.9 Å². The topological polar surface area (TPSA) is 146 Å². The SMILES string of the molecule is CN(C)S(=O)(=O)c1ccc(C2=NN(OC(=O)CC(C)(C)C)C(=O)C2(C)N(O)C(=O)OC(C)(C)C)cc1. The molecule has 1 unspecified atom stereocenters. The number of hydrogen-bond acceptors (Lipinski definition) is 9. The van der Waals surface area contributed by atoms with Crippen LogP contribution >= 0.6 is 0 Å². The molecule has 2 rings (SSSR count). The van der Waals surface area contributed by atoms with Crippen LogP contribution in [0, 0.1) is 5.41 Å². The van der Waals surface area contributed by atoms with Gasteiger partial charge in [-0.25, -0.2) is 22.3 Å². The molecule has 2 amide bonds. The monoisotopic (exact) mass is 526 g/mol. The van der Waals surface area contributed by atoms with E-state index in [1.165, 1.54) is 45.3 Å². The van der Waals surface area contributed by atoms with E-state index < -0.39 is 44.5 Å². The van der Waals surface area contributed by atoms with Crippen molar-refractivity contribution in [3.8, 4) is 0 Å². The molecule has 36 heavy (non-hydrogen) atoms. The smallest absolute Gasteiger partial charge is 0.435 e. The van der Waals surface area contributed by atoms with E-state index in [-0.39, 0.29) is 27.7 Å². The minimum absolute atomic E-state index is 0.0238. The van der Waals surface area contributed by atoms with E-state index in [0.717, 1.165) is 4.31 Å². The van der Waals surface area contributed by atoms with Crippen molar-refractivity contribution < 1.29 is 37.6 Å². The molecule has 0 saturated heterocycles. The summed E-state index contributed by atoms with van der Waals surface area (Å²) >= 11 is 0. The maximum atomic E-state index is 13.4. The van der Waals surface area contributed by atoms with Gasteiger partial charge in [0.1, 0.15) is 11.3 Å². The van der Waals surface area contributed by atoms with Crippen LogP contribution in [0.25, 0.3) is 0 Å². The molecule has 1 aromatic rings. The average molecular weight is 527 g/mol. The first kappa shape index (κ1) is 29.2. The number of ether oxygens (including phenoxy) is 1. The summed E-state index contributed by atoms with van der Waals surface area (Å²) in [6.45, 7) is 11.4. The number of rotatable bonds is 6. The van der Waals surface area contributed by atoms with Crippen molar-refractivity contribution in [3.05, 3.63) is 29.8 Å². The van der Waals surface area contributed by atoms with Crippen molar-refractivity contribution in [2.75, 3.05) is 14.1 Å². The number of nitrogens with zero attached hydrogens (tertiary/aromatic N) is 4. The fourth-order valence-corrected chi connectivity index (χ4v) is 4.06. The first-order valence-electron chi connectivity index (χ1n) is 11.1. The number of carbonyl (C=O) groups is 3. The fraction of sp³-hybridized carbons (Fsp3) is 0.565. The third-order valence-electron chi connectivity index (χ3n) is 5.00. The Morgan fingerprint density at radius 2 is 1.61 bits per heavy atom. The Bertz CT molecular complexity index is 1160. The molecule has 13 heteroatoms. The normalized spacial score (nSPS) is 18.8. The molecule has 1 aromatic carbocycles. The van der Waals surface area contributed by atoms with Crippen molar-refractivity contribution in [3.63, 3.8) is 0 Å². The van der Waals surface area contributed by atoms with E-state index in [0.29, 0.717) is 5.17 Å². The molecule has 0 radical (unpaired) electrons. The number of carbonyl (C=O) groups excluding carboxylic acids is 3.